The van der Waals surface area contributed by atoms with Gasteiger partial charge in [-0.3, -0.25) is 0 Å². The molecule has 0 amide bonds. The van der Waals surface area contributed by atoms with Gasteiger partial charge in [0.15, 0.2) is 0 Å². The molecule has 4 heteroatoms. The lowest BCUT2D eigenvalue weighted by Gasteiger charge is -2.09. The number of thiazole rings is 1. The highest BCUT2D eigenvalue weighted by Crippen LogP contribution is 2.22. The van der Waals surface area contributed by atoms with E-state index < -0.39 is 0 Å². The number of aromatic nitrogens is 1. The number of hydrogen-bond acceptors (Lipinski definition) is 4. The Bertz CT molecular complexity index is 494. The standard InChI is InChI=1S/C15H20N2S2/c1-11(2)18-10-15-17-13(9-19-15)8-14(16)12-6-4-3-5-7-12/h3-7,9,11,14H,8,10,16H2,1-2H3. The Kier molecular flexibility index (Phi) is 5.43. The third kappa shape index (κ3) is 4.64. The highest BCUT2D eigenvalue weighted by Gasteiger charge is 2.10. The molecule has 1 atom stereocenters. The first-order chi connectivity index (χ1) is 9.15. The zero-order chi connectivity index (χ0) is 13.7. The normalized spacial score (nSPS) is 12.8. The van der Waals surface area contributed by atoms with Crippen molar-refractivity contribution in [2.24, 2.45) is 5.73 Å². The van der Waals surface area contributed by atoms with Crippen LogP contribution in [0, 0.1) is 0 Å². The van der Waals surface area contributed by atoms with E-state index in [9.17, 15) is 0 Å². The molecule has 102 valence electrons. The fourth-order valence-electron chi connectivity index (χ4n) is 1.79. The van der Waals surface area contributed by atoms with Crippen LogP contribution in [-0.4, -0.2) is 10.2 Å². The molecule has 0 aliphatic rings. The van der Waals surface area contributed by atoms with Crippen molar-refractivity contribution < 1.29 is 0 Å². The molecular formula is C15H20N2S2. The van der Waals surface area contributed by atoms with Crippen molar-refractivity contribution in [3.63, 3.8) is 0 Å². The predicted molar refractivity (Wildman–Crippen MR) is 85.6 cm³/mol. The second-order valence-corrected chi connectivity index (χ2v) is 7.32. The third-order valence-corrected chi connectivity index (χ3v) is 4.98. The molecule has 0 saturated heterocycles. The van der Waals surface area contributed by atoms with Gasteiger partial charge in [0.2, 0.25) is 0 Å². The van der Waals surface area contributed by atoms with Gasteiger partial charge < -0.3 is 5.73 Å². The summed E-state index contributed by atoms with van der Waals surface area (Å²) in [5, 5.41) is 3.99. The summed E-state index contributed by atoms with van der Waals surface area (Å²) in [7, 11) is 0. The molecule has 2 N–H and O–H groups in total. The minimum absolute atomic E-state index is 0.0360. The number of nitrogens with zero attached hydrogens (tertiary/aromatic N) is 1. The number of rotatable bonds is 6. The lowest BCUT2D eigenvalue weighted by Crippen LogP contribution is -2.13. The van der Waals surface area contributed by atoms with Gasteiger partial charge in [0.05, 0.1) is 5.69 Å². The molecule has 1 heterocycles. The molecule has 1 aromatic heterocycles. The van der Waals surface area contributed by atoms with E-state index in [0.717, 1.165) is 17.9 Å². The van der Waals surface area contributed by atoms with Crippen LogP contribution in [0.15, 0.2) is 35.7 Å². The van der Waals surface area contributed by atoms with Crippen LogP contribution >= 0.6 is 23.1 Å². The molecule has 1 unspecified atom stereocenters. The van der Waals surface area contributed by atoms with Gasteiger partial charge in [-0.2, -0.15) is 11.8 Å². The largest absolute Gasteiger partial charge is 0.324 e. The maximum atomic E-state index is 6.22. The Morgan fingerprint density at radius 1 is 1.26 bits per heavy atom. The van der Waals surface area contributed by atoms with Crippen molar-refractivity contribution in [3.8, 4) is 0 Å². The zero-order valence-corrected chi connectivity index (χ0v) is 13.0. The van der Waals surface area contributed by atoms with Gasteiger partial charge >= 0.3 is 0 Å². The van der Waals surface area contributed by atoms with Gasteiger partial charge in [0.25, 0.3) is 0 Å². The molecule has 2 aromatic rings. The average molecular weight is 292 g/mol. The summed E-state index contributed by atoms with van der Waals surface area (Å²) in [4.78, 5) is 4.67. The highest BCUT2D eigenvalue weighted by molar-refractivity contribution is 7.99. The molecule has 2 nitrogen and oxygen atoms in total. The van der Waals surface area contributed by atoms with Crippen LogP contribution in [-0.2, 0) is 12.2 Å². The Morgan fingerprint density at radius 3 is 2.68 bits per heavy atom. The number of nitrogens with two attached hydrogens (primary N) is 1. The van der Waals surface area contributed by atoms with E-state index >= 15 is 0 Å². The molecule has 0 bridgehead atoms. The van der Waals surface area contributed by atoms with Crippen LogP contribution < -0.4 is 5.73 Å². The summed E-state index contributed by atoms with van der Waals surface area (Å²) in [5.41, 5.74) is 8.50. The minimum Gasteiger partial charge on any atom is -0.324 e. The lowest BCUT2D eigenvalue weighted by molar-refractivity contribution is 0.709. The summed E-state index contributed by atoms with van der Waals surface area (Å²) < 4.78 is 0. The molecule has 0 aliphatic heterocycles. The Hall–Kier alpha value is -0.840. The number of hydrogen-bond donors (Lipinski definition) is 1. The van der Waals surface area contributed by atoms with Crippen molar-refractivity contribution in [3.05, 3.63) is 52.0 Å². The third-order valence-electron chi connectivity index (χ3n) is 2.80. The van der Waals surface area contributed by atoms with E-state index in [0.29, 0.717) is 5.25 Å². The van der Waals surface area contributed by atoms with Crippen molar-refractivity contribution in [2.45, 2.75) is 37.3 Å². The van der Waals surface area contributed by atoms with Crippen LogP contribution in [0.25, 0.3) is 0 Å². The Morgan fingerprint density at radius 2 is 2.00 bits per heavy atom. The van der Waals surface area contributed by atoms with Crippen LogP contribution in [0.5, 0.6) is 0 Å². The molecule has 2 rings (SSSR count). The van der Waals surface area contributed by atoms with Gasteiger partial charge in [-0.05, 0) is 10.8 Å². The zero-order valence-electron chi connectivity index (χ0n) is 11.4. The smallest absolute Gasteiger partial charge is 0.103 e. The molecule has 0 fully saturated rings. The molecule has 0 aliphatic carbocycles. The van der Waals surface area contributed by atoms with Crippen molar-refractivity contribution >= 4 is 23.1 Å². The van der Waals surface area contributed by atoms with E-state index in [2.05, 4.69) is 36.3 Å². The van der Waals surface area contributed by atoms with E-state index in [-0.39, 0.29) is 6.04 Å². The van der Waals surface area contributed by atoms with E-state index in [4.69, 9.17) is 5.73 Å². The average Bonchev–Trinajstić information content (AvgIpc) is 2.85. The lowest BCUT2D eigenvalue weighted by atomic mass is 10.0. The second-order valence-electron chi connectivity index (χ2n) is 4.81. The van der Waals surface area contributed by atoms with Gasteiger partial charge in [0, 0.05) is 23.6 Å². The monoisotopic (exact) mass is 292 g/mol. The minimum atomic E-state index is 0.0360. The SMILES string of the molecule is CC(C)SCc1nc(CC(N)c2ccccc2)cs1. The molecule has 0 radical (unpaired) electrons. The van der Waals surface area contributed by atoms with Gasteiger partial charge in [-0.15, -0.1) is 11.3 Å². The molecule has 1 aromatic carbocycles. The molecule has 0 spiro atoms. The molecule has 19 heavy (non-hydrogen) atoms. The maximum Gasteiger partial charge on any atom is 0.103 e. The van der Waals surface area contributed by atoms with E-state index in [1.165, 1.54) is 10.6 Å². The van der Waals surface area contributed by atoms with Crippen LogP contribution in [0.3, 0.4) is 0 Å². The summed E-state index contributed by atoms with van der Waals surface area (Å²) >= 11 is 3.67. The maximum absolute atomic E-state index is 6.22. The van der Waals surface area contributed by atoms with E-state index in [1.807, 2.05) is 30.0 Å². The first-order valence-corrected chi connectivity index (χ1v) is 8.43. The number of benzene rings is 1. The summed E-state index contributed by atoms with van der Waals surface area (Å²) in [5.74, 6) is 1.00. The van der Waals surface area contributed by atoms with Crippen LogP contribution in [0.1, 0.15) is 36.2 Å². The van der Waals surface area contributed by atoms with Crippen molar-refractivity contribution in [1.82, 2.24) is 4.98 Å². The Balaban J connectivity index is 1.93. The van der Waals surface area contributed by atoms with Gasteiger partial charge in [-0.25, -0.2) is 4.98 Å². The van der Waals surface area contributed by atoms with Crippen molar-refractivity contribution in [2.75, 3.05) is 0 Å². The van der Waals surface area contributed by atoms with Gasteiger partial charge in [0.1, 0.15) is 5.01 Å². The quantitative estimate of drug-likeness (QED) is 0.873. The van der Waals surface area contributed by atoms with Crippen LogP contribution in [0.4, 0.5) is 0 Å². The Labute approximate surface area is 123 Å². The highest BCUT2D eigenvalue weighted by atomic mass is 32.2. The van der Waals surface area contributed by atoms with Gasteiger partial charge in [-0.1, -0.05) is 44.2 Å². The molecule has 0 saturated carbocycles. The van der Waals surface area contributed by atoms with Crippen LogP contribution in [0.2, 0.25) is 0 Å². The summed E-state index contributed by atoms with van der Waals surface area (Å²) in [6, 6.07) is 10.3. The first kappa shape index (κ1) is 14.6. The van der Waals surface area contributed by atoms with Crippen molar-refractivity contribution in [1.29, 1.82) is 0 Å². The fraction of sp³-hybridized carbons (Fsp3) is 0.400. The topological polar surface area (TPSA) is 38.9 Å². The second kappa shape index (κ2) is 7.08. The molecular weight excluding hydrogens is 272 g/mol. The first-order valence-electron chi connectivity index (χ1n) is 6.50. The number of thioether (sulfide) groups is 1. The van der Waals surface area contributed by atoms with E-state index in [1.54, 1.807) is 11.3 Å². The summed E-state index contributed by atoms with van der Waals surface area (Å²) in [6.45, 7) is 4.43. The summed E-state index contributed by atoms with van der Waals surface area (Å²) in [6.07, 6.45) is 0.812. The predicted octanol–water partition coefficient (Wildman–Crippen LogP) is 4.03. The fourth-order valence-corrected chi connectivity index (χ4v) is 3.40.